The Hall–Kier alpha value is -0.810. The summed E-state index contributed by atoms with van der Waals surface area (Å²) in [4.78, 5) is 4.68. The molecule has 1 aromatic rings. The molecule has 0 aromatic heterocycles. The van der Waals surface area contributed by atoms with Gasteiger partial charge in [0.05, 0.1) is 18.8 Å². The maximum atomic E-state index is 10.3. The quantitative estimate of drug-likeness (QED) is 0.853. The molecule has 134 valence electrons. The van der Waals surface area contributed by atoms with E-state index in [2.05, 4.69) is 22.8 Å². The zero-order valence-corrected chi connectivity index (χ0v) is 15.3. The first-order valence-corrected chi connectivity index (χ1v) is 9.52. The fourth-order valence-corrected chi connectivity index (χ4v) is 3.99. The molecule has 3 atom stereocenters. The molecule has 0 amide bonds. The van der Waals surface area contributed by atoms with Crippen molar-refractivity contribution in [3.8, 4) is 0 Å². The van der Waals surface area contributed by atoms with Gasteiger partial charge in [-0.2, -0.15) is 0 Å². The van der Waals surface area contributed by atoms with Gasteiger partial charge in [-0.1, -0.05) is 31.0 Å². The first-order valence-electron chi connectivity index (χ1n) is 9.14. The molecule has 3 rings (SSSR count). The van der Waals surface area contributed by atoms with Crippen LogP contribution < -0.4 is 4.90 Å². The third kappa shape index (κ3) is 4.85. The van der Waals surface area contributed by atoms with Crippen LogP contribution in [0.5, 0.6) is 0 Å². The molecule has 0 spiro atoms. The van der Waals surface area contributed by atoms with Gasteiger partial charge in [-0.25, -0.2) is 0 Å². The van der Waals surface area contributed by atoms with Crippen LogP contribution in [0.15, 0.2) is 24.3 Å². The summed E-state index contributed by atoms with van der Waals surface area (Å²) in [6, 6.07) is 8.02. The Kier molecular flexibility index (Phi) is 6.39. The van der Waals surface area contributed by atoms with Gasteiger partial charge >= 0.3 is 0 Å². The van der Waals surface area contributed by atoms with Gasteiger partial charge in [-0.3, -0.25) is 4.90 Å². The van der Waals surface area contributed by atoms with E-state index >= 15 is 0 Å². The van der Waals surface area contributed by atoms with Crippen molar-refractivity contribution in [1.29, 1.82) is 0 Å². The number of hydrogen-bond acceptors (Lipinski definition) is 4. The first kappa shape index (κ1) is 18.0. The van der Waals surface area contributed by atoms with E-state index in [9.17, 15) is 5.11 Å². The number of piperazine rings is 1. The minimum absolute atomic E-state index is 0.347. The largest absolute Gasteiger partial charge is 0.389 e. The molecule has 4 nitrogen and oxygen atoms in total. The van der Waals surface area contributed by atoms with Crippen molar-refractivity contribution in [3.05, 3.63) is 29.3 Å². The zero-order valence-electron chi connectivity index (χ0n) is 14.5. The molecule has 1 saturated carbocycles. The van der Waals surface area contributed by atoms with Gasteiger partial charge in [0.1, 0.15) is 0 Å². The van der Waals surface area contributed by atoms with Crippen LogP contribution in [0.1, 0.15) is 26.2 Å². The predicted molar refractivity (Wildman–Crippen MR) is 98.9 cm³/mol. The highest BCUT2D eigenvalue weighted by Gasteiger charge is 2.25. The van der Waals surface area contributed by atoms with Crippen molar-refractivity contribution in [1.82, 2.24) is 4.90 Å². The molecule has 5 heteroatoms. The summed E-state index contributed by atoms with van der Waals surface area (Å²) in [5.41, 5.74) is 1.18. The minimum Gasteiger partial charge on any atom is -0.389 e. The lowest BCUT2D eigenvalue weighted by Crippen LogP contribution is -2.49. The predicted octanol–water partition coefficient (Wildman–Crippen LogP) is 3.03. The number of ether oxygens (including phenoxy) is 1. The van der Waals surface area contributed by atoms with Gasteiger partial charge in [0.15, 0.2) is 0 Å². The van der Waals surface area contributed by atoms with Crippen molar-refractivity contribution in [2.45, 2.75) is 38.4 Å². The van der Waals surface area contributed by atoms with Crippen molar-refractivity contribution in [2.75, 3.05) is 44.2 Å². The SMILES string of the molecule is C[C@@H]1CCC[C@H]1OC[C@H](O)CN1CCN(c2cccc(Cl)c2)CC1. The van der Waals surface area contributed by atoms with E-state index in [1.807, 2.05) is 18.2 Å². The van der Waals surface area contributed by atoms with Gasteiger partial charge in [0.25, 0.3) is 0 Å². The number of aliphatic hydroxyl groups excluding tert-OH is 1. The number of aliphatic hydroxyl groups is 1. The molecule has 1 aliphatic carbocycles. The number of rotatable bonds is 6. The van der Waals surface area contributed by atoms with Gasteiger partial charge in [-0.15, -0.1) is 0 Å². The Labute approximate surface area is 150 Å². The molecule has 1 aliphatic heterocycles. The smallest absolute Gasteiger partial charge is 0.0900 e. The highest BCUT2D eigenvalue weighted by Crippen LogP contribution is 2.27. The average molecular weight is 353 g/mol. The van der Waals surface area contributed by atoms with E-state index < -0.39 is 6.10 Å². The molecular formula is C19H29ClN2O2. The summed E-state index contributed by atoms with van der Waals surface area (Å²) < 4.78 is 5.92. The number of hydrogen-bond donors (Lipinski definition) is 1. The van der Waals surface area contributed by atoms with Crippen molar-refractivity contribution in [3.63, 3.8) is 0 Å². The normalized spacial score (nSPS) is 26.7. The molecule has 2 fully saturated rings. The second-order valence-electron chi connectivity index (χ2n) is 7.20. The molecule has 2 aliphatic rings. The molecule has 24 heavy (non-hydrogen) atoms. The molecule has 1 saturated heterocycles. The number of nitrogens with zero attached hydrogens (tertiary/aromatic N) is 2. The van der Waals surface area contributed by atoms with Crippen LogP contribution >= 0.6 is 11.6 Å². The summed E-state index contributed by atoms with van der Waals surface area (Å²) in [6.07, 6.45) is 3.61. The maximum Gasteiger partial charge on any atom is 0.0900 e. The van der Waals surface area contributed by atoms with E-state index in [1.54, 1.807) is 0 Å². The van der Waals surface area contributed by atoms with Crippen molar-refractivity contribution >= 4 is 17.3 Å². The van der Waals surface area contributed by atoms with Gasteiger partial charge in [0, 0.05) is 43.4 Å². The second-order valence-corrected chi connectivity index (χ2v) is 7.64. The van der Waals surface area contributed by atoms with Crippen LogP contribution in [0.3, 0.4) is 0 Å². The molecule has 1 heterocycles. The van der Waals surface area contributed by atoms with Gasteiger partial charge in [-0.05, 0) is 37.0 Å². The summed E-state index contributed by atoms with van der Waals surface area (Å²) in [6.45, 7) is 7.26. The van der Waals surface area contributed by atoms with Gasteiger partial charge in [0.2, 0.25) is 0 Å². The third-order valence-electron chi connectivity index (χ3n) is 5.30. The van der Waals surface area contributed by atoms with Crippen LogP contribution in [-0.2, 0) is 4.74 Å². The topological polar surface area (TPSA) is 35.9 Å². The Morgan fingerprint density at radius 3 is 2.71 bits per heavy atom. The average Bonchev–Trinajstić information content (AvgIpc) is 2.99. The zero-order chi connectivity index (χ0) is 16.9. The standard InChI is InChI=1S/C19H29ClN2O2/c1-15-4-2-7-19(15)24-14-18(23)13-21-8-10-22(11-9-21)17-6-3-5-16(20)12-17/h3,5-6,12,15,18-19,23H,2,4,7-11,13-14H2,1H3/t15-,18-,19-/m1/s1. The Bertz CT molecular complexity index is 520. The molecule has 0 bridgehead atoms. The monoisotopic (exact) mass is 352 g/mol. The fraction of sp³-hybridized carbons (Fsp3) is 0.684. The fourth-order valence-electron chi connectivity index (χ4n) is 3.81. The van der Waals surface area contributed by atoms with Crippen molar-refractivity contribution < 1.29 is 9.84 Å². The van der Waals surface area contributed by atoms with E-state index in [-0.39, 0.29) is 0 Å². The molecular weight excluding hydrogens is 324 g/mol. The Morgan fingerprint density at radius 1 is 1.25 bits per heavy atom. The number of benzene rings is 1. The van der Waals surface area contributed by atoms with Crippen LogP contribution in [0.4, 0.5) is 5.69 Å². The number of anilines is 1. The van der Waals surface area contributed by atoms with Crippen LogP contribution in [-0.4, -0.2) is 61.5 Å². The molecule has 0 unspecified atom stereocenters. The summed E-state index contributed by atoms with van der Waals surface area (Å²) in [5.74, 6) is 0.637. The third-order valence-corrected chi connectivity index (χ3v) is 5.54. The highest BCUT2D eigenvalue weighted by atomic mass is 35.5. The Morgan fingerprint density at radius 2 is 2.04 bits per heavy atom. The van der Waals surface area contributed by atoms with E-state index in [4.69, 9.17) is 16.3 Å². The minimum atomic E-state index is -0.393. The maximum absolute atomic E-state index is 10.3. The molecule has 1 N–H and O–H groups in total. The van der Waals surface area contributed by atoms with Gasteiger partial charge < -0.3 is 14.7 Å². The lowest BCUT2D eigenvalue weighted by molar-refractivity contribution is -0.0321. The molecule has 1 aromatic carbocycles. The number of halogens is 1. The van der Waals surface area contributed by atoms with Crippen LogP contribution in [0, 0.1) is 5.92 Å². The highest BCUT2D eigenvalue weighted by molar-refractivity contribution is 6.30. The lowest BCUT2D eigenvalue weighted by Gasteiger charge is -2.37. The van der Waals surface area contributed by atoms with Crippen LogP contribution in [0.25, 0.3) is 0 Å². The first-order chi connectivity index (χ1) is 11.6. The summed E-state index contributed by atoms with van der Waals surface area (Å²) in [7, 11) is 0. The Balaban J connectivity index is 1.38. The van der Waals surface area contributed by atoms with Crippen molar-refractivity contribution in [2.24, 2.45) is 5.92 Å². The van der Waals surface area contributed by atoms with E-state index in [1.165, 1.54) is 18.5 Å². The summed E-state index contributed by atoms with van der Waals surface area (Å²) in [5, 5.41) is 11.1. The van der Waals surface area contributed by atoms with E-state index in [0.29, 0.717) is 25.2 Å². The molecule has 0 radical (unpaired) electrons. The lowest BCUT2D eigenvalue weighted by atomic mass is 10.1. The van der Waals surface area contributed by atoms with Crippen LogP contribution in [0.2, 0.25) is 5.02 Å². The summed E-state index contributed by atoms with van der Waals surface area (Å²) >= 11 is 6.08. The number of β-amino-alcohol motifs (C(OH)–C–C–N with tert-alkyl or cyclic N) is 1. The second kappa shape index (κ2) is 8.52. The van der Waals surface area contributed by atoms with E-state index in [0.717, 1.165) is 37.6 Å².